The van der Waals surface area contributed by atoms with E-state index >= 15 is 0 Å². The van der Waals surface area contributed by atoms with E-state index in [1.54, 1.807) is 12.4 Å². The molecule has 1 saturated heterocycles. The summed E-state index contributed by atoms with van der Waals surface area (Å²) in [6.45, 7) is 1.63. The highest BCUT2D eigenvalue weighted by Gasteiger charge is 2.46. The third kappa shape index (κ3) is 3.22. The number of anilines is 1. The van der Waals surface area contributed by atoms with Gasteiger partial charge in [0.25, 0.3) is 0 Å². The van der Waals surface area contributed by atoms with Crippen LogP contribution in [0.15, 0.2) is 42.9 Å². The van der Waals surface area contributed by atoms with Crippen molar-refractivity contribution in [3.05, 3.63) is 48.4 Å². The van der Waals surface area contributed by atoms with E-state index < -0.39 is 0 Å². The molecule has 3 heterocycles. The molecule has 1 saturated carbocycles. The average Bonchev–Trinajstić information content (AvgIpc) is 3.44. The summed E-state index contributed by atoms with van der Waals surface area (Å²) in [5.74, 6) is 1.63. The summed E-state index contributed by atoms with van der Waals surface area (Å²) in [6, 6.07) is 8.17. The fraction of sp³-hybridized carbons (Fsp3) is 0.444. The first-order valence-corrected chi connectivity index (χ1v) is 8.54. The molecule has 2 aromatic rings. The SMILES string of the molecule is O=C(C1CC1c1cccnc1)N1CCC(Nc2cccnn2)CC1. The van der Waals surface area contributed by atoms with Crippen molar-refractivity contribution in [2.24, 2.45) is 5.92 Å². The number of likely N-dealkylation sites (tertiary alicyclic amines) is 1. The number of hydrogen-bond donors (Lipinski definition) is 1. The van der Waals surface area contributed by atoms with E-state index in [0.29, 0.717) is 17.9 Å². The molecule has 1 N–H and O–H groups in total. The van der Waals surface area contributed by atoms with Crippen molar-refractivity contribution in [1.82, 2.24) is 20.1 Å². The minimum atomic E-state index is 0.152. The standard InChI is InChI=1S/C18H21N5O/c24-18(16-11-15(16)13-3-1-7-19-12-13)23-9-5-14(6-10-23)21-17-4-2-8-20-22-17/h1-4,7-8,12,14-16H,5-6,9-11H2,(H,21,22). The zero-order valence-electron chi connectivity index (χ0n) is 13.5. The molecular weight excluding hydrogens is 302 g/mol. The molecule has 0 spiro atoms. The average molecular weight is 323 g/mol. The van der Waals surface area contributed by atoms with E-state index in [1.165, 1.54) is 5.56 Å². The molecule has 2 unspecified atom stereocenters. The summed E-state index contributed by atoms with van der Waals surface area (Å²) in [4.78, 5) is 18.9. The minimum absolute atomic E-state index is 0.152. The Morgan fingerprint density at radius 2 is 2.00 bits per heavy atom. The highest BCUT2D eigenvalue weighted by molar-refractivity contribution is 5.83. The van der Waals surface area contributed by atoms with Crippen LogP contribution in [0, 0.1) is 5.92 Å². The van der Waals surface area contributed by atoms with Crippen molar-refractivity contribution < 1.29 is 4.79 Å². The van der Waals surface area contributed by atoms with Crippen LogP contribution in [0.1, 0.15) is 30.7 Å². The second-order valence-corrected chi connectivity index (χ2v) is 6.59. The number of carbonyl (C=O) groups is 1. The van der Waals surface area contributed by atoms with E-state index in [1.807, 2.05) is 29.3 Å². The Labute approximate surface area is 141 Å². The lowest BCUT2D eigenvalue weighted by Crippen LogP contribution is -2.43. The first kappa shape index (κ1) is 15.1. The molecule has 1 amide bonds. The van der Waals surface area contributed by atoms with Crippen molar-refractivity contribution >= 4 is 11.7 Å². The molecule has 2 fully saturated rings. The van der Waals surface area contributed by atoms with Gasteiger partial charge >= 0.3 is 0 Å². The smallest absolute Gasteiger partial charge is 0.226 e. The van der Waals surface area contributed by atoms with E-state index in [2.05, 4.69) is 26.6 Å². The number of aromatic nitrogens is 3. The number of pyridine rings is 1. The molecule has 24 heavy (non-hydrogen) atoms. The van der Waals surface area contributed by atoms with Crippen molar-refractivity contribution in [2.75, 3.05) is 18.4 Å². The fourth-order valence-corrected chi connectivity index (χ4v) is 3.50. The van der Waals surface area contributed by atoms with Crippen LogP contribution in [0.25, 0.3) is 0 Å². The summed E-state index contributed by atoms with van der Waals surface area (Å²) >= 11 is 0. The second-order valence-electron chi connectivity index (χ2n) is 6.59. The van der Waals surface area contributed by atoms with Gasteiger partial charge in [-0.2, -0.15) is 5.10 Å². The van der Waals surface area contributed by atoms with Crippen LogP contribution in [-0.4, -0.2) is 45.1 Å². The molecule has 4 rings (SSSR count). The van der Waals surface area contributed by atoms with Crippen LogP contribution >= 0.6 is 0 Å². The number of piperidine rings is 1. The summed E-state index contributed by atoms with van der Waals surface area (Å²) in [5, 5.41) is 11.3. The Morgan fingerprint density at radius 1 is 1.17 bits per heavy atom. The first-order chi connectivity index (χ1) is 11.8. The third-order valence-corrected chi connectivity index (χ3v) is 4.95. The van der Waals surface area contributed by atoms with Gasteiger partial charge in [0, 0.05) is 43.6 Å². The summed E-state index contributed by atoms with van der Waals surface area (Å²) < 4.78 is 0. The number of rotatable bonds is 4. The molecule has 0 radical (unpaired) electrons. The van der Waals surface area contributed by atoms with Gasteiger partial charge in [-0.25, -0.2) is 0 Å². The maximum absolute atomic E-state index is 12.7. The van der Waals surface area contributed by atoms with Crippen molar-refractivity contribution in [3.63, 3.8) is 0 Å². The summed E-state index contributed by atoms with van der Waals surface area (Å²) in [6.07, 6.45) is 8.19. The molecule has 6 nitrogen and oxygen atoms in total. The molecule has 1 aliphatic carbocycles. The molecule has 2 aliphatic rings. The van der Waals surface area contributed by atoms with E-state index in [-0.39, 0.29) is 5.92 Å². The Hall–Kier alpha value is -2.50. The van der Waals surface area contributed by atoms with E-state index in [9.17, 15) is 4.79 Å². The Kier molecular flexibility index (Phi) is 4.11. The zero-order chi connectivity index (χ0) is 16.4. The molecule has 2 atom stereocenters. The van der Waals surface area contributed by atoms with E-state index in [0.717, 1.165) is 38.2 Å². The summed E-state index contributed by atoms with van der Waals surface area (Å²) in [5.41, 5.74) is 1.19. The fourth-order valence-electron chi connectivity index (χ4n) is 3.50. The number of carbonyl (C=O) groups excluding carboxylic acids is 1. The minimum Gasteiger partial charge on any atom is -0.366 e. The third-order valence-electron chi connectivity index (χ3n) is 4.95. The topological polar surface area (TPSA) is 71.0 Å². The maximum Gasteiger partial charge on any atom is 0.226 e. The van der Waals surface area contributed by atoms with Crippen molar-refractivity contribution in [1.29, 1.82) is 0 Å². The number of amides is 1. The van der Waals surface area contributed by atoms with Gasteiger partial charge in [-0.15, -0.1) is 5.10 Å². The monoisotopic (exact) mass is 323 g/mol. The molecule has 1 aliphatic heterocycles. The van der Waals surface area contributed by atoms with Crippen LogP contribution in [-0.2, 0) is 4.79 Å². The van der Waals surface area contributed by atoms with Gasteiger partial charge in [0.1, 0.15) is 5.82 Å². The van der Waals surface area contributed by atoms with Crippen LogP contribution in [0.5, 0.6) is 0 Å². The zero-order valence-corrected chi connectivity index (χ0v) is 13.5. The lowest BCUT2D eigenvalue weighted by molar-refractivity contribution is -0.133. The van der Waals surface area contributed by atoms with Gasteiger partial charge in [-0.05, 0) is 48.9 Å². The Bertz CT molecular complexity index is 685. The van der Waals surface area contributed by atoms with Gasteiger partial charge < -0.3 is 10.2 Å². The van der Waals surface area contributed by atoms with Crippen LogP contribution in [0.3, 0.4) is 0 Å². The number of hydrogen-bond acceptors (Lipinski definition) is 5. The van der Waals surface area contributed by atoms with Crippen LogP contribution < -0.4 is 5.32 Å². The van der Waals surface area contributed by atoms with Gasteiger partial charge in [0.2, 0.25) is 5.91 Å². The van der Waals surface area contributed by atoms with Crippen LogP contribution in [0.2, 0.25) is 0 Å². The van der Waals surface area contributed by atoms with Crippen molar-refractivity contribution in [2.45, 2.75) is 31.2 Å². The molecule has 0 aromatic carbocycles. The van der Waals surface area contributed by atoms with Gasteiger partial charge in [0.15, 0.2) is 0 Å². The largest absolute Gasteiger partial charge is 0.366 e. The Morgan fingerprint density at radius 3 is 2.71 bits per heavy atom. The maximum atomic E-state index is 12.7. The summed E-state index contributed by atoms with van der Waals surface area (Å²) in [7, 11) is 0. The highest BCUT2D eigenvalue weighted by atomic mass is 16.2. The quantitative estimate of drug-likeness (QED) is 0.933. The predicted molar refractivity (Wildman–Crippen MR) is 90.3 cm³/mol. The highest BCUT2D eigenvalue weighted by Crippen LogP contribution is 2.48. The molecule has 2 aromatic heterocycles. The van der Waals surface area contributed by atoms with Gasteiger partial charge in [0.05, 0.1) is 0 Å². The lowest BCUT2D eigenvalue weighted by Gasteiger charge is -2.32. The molecule has 6 heteroatoms. The van der Waals surface area contributed by atoms with Crippen molar-refractivity contribution in [3.8, 4) is 0 Å². The first-order valence-electron chi connectivity index (χ1n) is 8.54. The Balaban J connectivity index is 1.28. The lowest BCUT2D eigenvalue weighted by atomic mass is 10.0. The second kappa shape index (κ2) is 6.55. The normalized spacial score (nSPS) is 23.8. The number of nitrogens with zero attached hydrogens (tertiary/aromatic N) is 4. The van der Waals surface area contributed by atoms with Gasteiger partial charge in [-0.1, -0.05) is 6.07 Å². The van der Waals surface area contributed by atoms with E-state index in [4.69, 9.17) is 0 Å². The molecule has 124 valence electrons. The van der Waals surface area contributed by atoms with Gasteiger partial charge in [-0.3, -0.25) is 9.78 Å². The molecular formula is C18H21N5O. The predicted octanol–water partition coefficient (Wildman–Crippen LogP) is 2.08. The molecule has 0 bridgehead atoms. The van der Waals surface area contributed by atoms with Crippen LogP contribution in [0.4, 0.5) is 5.82 Å². The number of nitrogens with one attached hydrogen (secondary N) is 1.